The fraction of sp³-hybridized carbons (Fsp3) is 0.552. The Balaban J connectivity index is 1.93. The Morgan fingerprint density at radius 3 is 2.17 bits per heavy atom. The molecule has 0 saturated carbocycles. The van der Waals surface area contributed by atoms with Gasteiger partial charge in [-0.2, -0.15) is 0 Å². The van der Waals surface area contributed by atoms with Gasteiger partial charge in [0.05, 0.1) is 19.8 Å². The number of unbranched alkanes of at least 4 members (excludes halogenated alkanes) is 3. The summed E-state index contributed by atoms with van der Waals surface area (Å²) in [4.78, 5) is 12.0. The first kappa shape index (κ1) is 27.5. The number of fused-ring (bicyclic) bond motifs is 1. The summed E-state index contributed by atoms with van der Waals surface area (Å²) >= 11 is 0. The lowest BCUT2D eigenvalue weighted by atomic mass is 9.93. The predicted molar refractivity (Wildman–Crippen MR) is 138 cm³/mol. The van der Waals surface area contributed by atoms with Crippen molar-refractivity contribution in [1.82, 2.24) is 0 Å². The molecule has 0 bridgehead atoms. The van der Waals surface area contributed by atoms with E-state index in [4.69, 9.17) is 23.7 Å². The second-order valence-electron chi connectivity index (χ2n) is 9.12. The summed E-state index contributed by atoms with van der Waals surface area (Å²) in [5.41, 5.74) is 1.54. The zero-order valence-corrected chi connectivity index (χ0v) is 22.0. The van der Waals surface area contributed by atoms with E-state index in [2.05, 4.69) is 20.8 Å². The van der Waals surface area contributed by atoms with Gasteiger partial charge in [-0.25, -0.2) is 0 Å². The third kappa shape index (κ3) is 7.45. The Morgan fingerprint density at radius 2 is 1.56 bits per heavy atom. The van der Waals surface area contributed by atoms with Crippen LogP contribution in [-0.4, -0.2) is 37.0 Å². The van der Waals surface area contributed by atoms with E-state index in [0.29, 0.717) is 54.8 Å². The molecule has 36 heavy (non-hydrogen) atoms. The smallest absolute Gasteiger partial charge is 0.303 e. The first-order chi connectivity index (χ1) is 17.5. The van der Waals surface area contributed by atoms with Gasteiger partial charge < -0.3 is 28.8 Å². The standard InChI is InChI=1S/C29H40O7/c1-5-8-13-32-22-17-26(34-15-10-7-3)23-19-28(35-20(4)30)29(36-27(23)18-22)21-11-12-25(24(31)16-21)33-14-9-6-2/h11-12,16-18,28-29,31H,5-10,13-15,19H2,1-4H3/t28-,29+/m0/s1. The van der Waals surface area contributed by atoms with Crippen molar-refractivity contribution >= 4 is 5.97 Å². The molecule has 0 aromatic heterocycles. The molecule has 198 valence electrons. The predicted octanol–water partition coefficient (Wildman–Crippen LogP) is 6.54. The summed E-state index contributed by atoms with van der Waals surface area (Å²) in [5, 5.41) is 10.6. The molecule has 1 heterocycles. The second kappa shape index (κ2) is 13.9. The molecular formula is C29H40O7. The van der Waals surface area contributed by atoms with Gasteiger partial charge in [0.15, 0.2) is 17.6 Å². The van der Waals surface area contributed by atoms with Crippen LogP contribution in [0.2, 0.25) is 0 Å². The maximum Gasteiger partial charge on any atom is 0.303 e. The average molecular weight is 501 g/mol. The molecule has 0 amide bonds. The number of esters is 1. The van der Waals surface area contributed by atoms with E-state index < -0.39 is 18.2 Å². The van der Waals surface area contributed by atoms with E-state index in [0.717, 1.165) is 44.1 Å². The second-order valence-corrected chi connectivity index (χ2v) is 9.12. The van der Waals surface area contributed by atoms with Crippen molar-refractivity contribution in [2.24, 2.45) is 0 Å². The highest BCUT2D eigenvalue weighted by Gasteiger charge is 2.36. The van der Waals surface area contributed by atoms with Crippen LogP contribution in [0.4, 0.5) is 0 Å². The molecule has 1 aliphatic heterocycles. The van der Waals surface area contributed by atoms with Gasteiger partial charge in [-0.1, -0.05) is 46.1 Å². The molecular weight excluding hydrogens is 460 g/mol. The van der Waals surface area contributed by atoms with Gasteiger partial charge in [0.1, 0.15) is 23.4 Å². The maximum atomic E-state index is 12.0. The highest BCUT2D eigenvalue weighted by atomic mass is 16.6. The van der Waals surface area contributed by atoms with E-state index in [1.165, 1.54) is 6.92 Å². The normalized spacial score (nSPS) is 16.6. The van der Waals surface area contributed by atoms with Crippen molar-refractivity contribution in [1.29, 1.82) is 0 Å². The maximum absolute atomic E-state index is 12.0. The van der Waals surface area contributed by atoms with E-state index in [-0.39, 0.29) is 5.75 Å². The number of aromatic hydroxyl groups is 1. The summed E-state index contributed by atoms with van der Waals surface area (Å²) in [6.07, 6.45) is 5.08. The Labute approximate surface area is 214 Å². The number of carbonyl (C=O) groups is 1. The number of phenolic OH excluding ortho intramolecular Hbond substituents is 1. The number of carbonyl (C=O) groups excluding carboxylic acids is 1. The van der Waals surface area contributed by atoms with Crippen molar-refractivity contribution in [3.05, 3.63) is 41.5 Å². The van der Waals surface area contributed by atoms with Crippen molar-refractivity contribution in [2.75, 3.05) is 19.8 Å². The Morgan fingerprint density at radius 1 is 0.917 bits per heavy atom. The summed E-state index contributed by atoms with van der Waals surface area (Å²) in [7, 11) is 0. The van der Waals surface area contributed by atoms with Crippen molar-refractivity contribution in [3.63, 3.8) is 0 Å². The molecule has 7 heteroatoms. The van der Waals surface area contributed by atoms with Crippen molar-refractivity contribution < 1.29 is 33.6 Å². The monoisotopic (exact) mass is 500 g/mol. The van der Waals surface area contributed by atoms with Gasteiger partial charge in [-0.3, -0.25) is 4.79 Å². The first-order valence-electron chi connectivity index (χ1n) is 13.2. The minimum Gasteiger partial charge on any atom is -0.504 e. The topological polar surface area (TPSA) is 83.5 Å². The highest BCUT2D eigenvalue weighted by Crippen LogP contribution is 2.44. The number of phenols is 1. The molecule has 0 unspecified atom stereocenters. The first-order valence-corrected chi connectivity index (χ1v) is 13.2. The van der Waals surface area contributed by atoms with Crippen LogP contribution in [0, 0.1) is 0 Å². The third-order valence-electron chi connectivity index (χ3n) is 6.04. The molecule has 0 radical (unpaired) electrons. The fourth-order valence-corrected chi connectivity index (χ4v) is 4.06. The Bertz CT molecular complexity index is 988. The molecule has 1 N–H and O–H groups in total. The Hall–Kier alpha value is -3.09. The summed E-state index contributed by atoms with van der Waals surface area (Å²) in [6, 6.07) is 8.96. The minimum atomic E-state index is -0.605. The fourth-order valence-electron chi connectivity index (χ4n) is 4.06. The van der Waals surface area contributed by atoms with Crippen LogP contribution in [0.1, 0.15) is 83.5 Å². The third-order valence-corrected chi connectivity index (χ3v) is 6.04. The molecule has 2 aromatic carbocycles. The van der Waals surface area contributed by atoms with Crippen molar-refractivity contribution in [3.8, 4) is 28.7 Å². The lowest BCUT2D eigenvalue weighted by Crippen LogP contribution is -2.34. The highest BCUT2D eigenvalue weighted by molar-refractivity contribution is 5.66. The van der Waals surface area contributed by atoms with Crippen LogP contribution >= 0.6 is 0 Å². The summed E-state index contributed by atoms with van der Waals surface area (Å²) < 4.78 is 29.9. The minimum absolute atomic E-state index is 0.0276. The number of hydrogen-bond acceptors (Lipinski definition) is 7. The van der Waals surface area contributed by atoms with Crippen LogP contribution in [0.15, 0.2) is 30.3 Å². The molecule has 2 atom stereocenters. The number of benzene rings is 2. The molecule has 7 nitrogen and oxygen atoms in total. The zero-order chi connectivity index (χ0) is 25.9. The van der Waals surface area contributed by atoms with Crippen LogP contribution in [0.25, 0.3) is 0 Å². The summed E-state index contributed by atoms with van der Waals surface area (Å²) in [6.45, 7) is 9.43. The SMILES string of the molecule is CCCCOc1cc(OCCCC)c2c(c1)O[C@H](c1ccc(OCCCC)c(O)c1)[C@@H](OC(C)=O)C2. The van der Waals surface area contributed by atoms with Gasteiger partial charge in [0.25, 0.3) is 0 Å². The van der Waals surface area contributed by atoms with Crippen LogP contribution in [0.3, 0.4) is 0 Å². The van der Waals surface area contributed by atoms with Crippen LogP contribution < -0.4 is 18.9 Å². The molecule has 0 fully saturated rings. The van der Waals surface area contributed by atoms with Gasteiger partial charge in [-0.05, 0) is 31.4 Å². The number of rotatable bonds is 14. The molecule has 0 spiro atoms. The van der Waals surface area contributed by atoms with Gasteiger partial charge >= 0.3 is 5.97 Å². The zero-order valence-electron chi connectivity index (χ0n) is 22.0. The number of ether oxygens (including phenoxy) is 5. The lowest BCUT2D eigenvalue weighted by molar-refractivity contribution is -0.152. The lowest BCUT2D eigenvalue weighted by Gasteiger charge is -2.34. The average Bonchev–Trinajstić information content (AvgIpc) is 2.85. The number of hydrogen-bond donors (Lipinski definition) is 1. The summed E-state index contributed by atoms with van der Waals surface area (Å²) in [5.74, 6) is 2.05. The van der Waals surface area contributed by atoms with Gasteiger partial charge in [0, 0.05) is 36.6 Å². The van der Waals surface area contributed by atoms with Gasteiger partial charge in [0.2, 0.25) is 0 Å². The van der Waals surface area contributed by atoms with Crippen LogP contribution in [0.5, 0.6) is 28.7 Å². The van der Waals surface area contributed by atoms with Crippen LogP contribution in [-0.2, 0) is 16.0 Å². The molecule has 0 saturated heterocycles. The van der Waals surface area contributed by atoms with Crippen molar-refractivity contribution in [2.45, 2.75) is 84.8 Å². The molecule has 3 rings (SSSR count). The van der Waals surface area contributed by atoms with E-state index in [1.807, 2.05) is 18.2 Å². The van der Waals surface area contributed by atoms with Gasteiger partial charge in [-0.15, -0.1) is 0 Å². The van der Waals surface area contributed by atoms with E-state index >= 15 is 0 Å². The molecule has 2 aromatic rings. The quantitative estimate of drug-likeness (QED) is 0.233. The largest absolute Gasteiger partial charge is 0.504 e. The Kier molecular flexibility index (Phi) is 10.6. The molecule has 0 aliphatic carbocycles. The van der Waals surface area contributed by atoms with E-state index in [9.17, 15) is 9.90 Å². The molecule has 1 aliphatic rings. The van der Waals surface area contributed by atoms with E-state index in [1.54, 1.807) is 12.1 Å².